The first-order valence-corrected chi connectivity index (χ1v) is 7.20. The van der Waals surface area contributed by atoms with Crippen LogP contribution in [0.1, 0.15) is 30.8 Å². The van der Waals surface area contributed by atoms with Crippen LogP contribution >= 0.6 is 0 Å². The molecule has 2 aliphatic heterocycles. The molecule has 4 heteroatoms. The third-order valence-electron chi connectivity index (χ3n) is 4.53. The minimum absolute atomic E-state index is 0.338. The fourth-order valence-corrected chi connectivity index (χ4v) is 3.24. The Morgan fingerprint density at radius 2 is 2.06 bits per heavy atom. The summed E-state index contributed by atoms with van der Waals surface area (Å²) in [5, 5.41) is 0. The summed E-state index contributed by atoms with van der Waals surface area (Å²) in [5.74, 6) is 2.12. The van der Waals surface area contributed by atoms with E-state index in [2.05, 4.69) is 21.5 Å². The Balaban J connectivity index is 1.67. The summed E-state index contributed by atoms with van der Waals surface area (Å²) in [5.41, 5.74) is 7.36. The number of piperidine rings is 1. The SMILES string of the molecule is CN1CCC(Cc2ncc3n2CCC(N)C3)CC1. The summed E-state index contributed by atoms with van der Waals surface area (Å²) in [4.78, 5) is 7.07. The van der Waals surface area contributed by atoms with E-state index in [0.717, 1.165) is 31.7 Å². The van der Waals surface area contributed by atoms with E-state index < -0.39 is 0 Å². The number of hydrogen-bond donors (Lipinski definition) is 1. The molecule has 3 heterocycles. The first-order valence-electron chi connectivity index (χ1n) is 7.20. The highest BCUT2D eigenvalue weighted by molar-refractivity contribution is 5.10. The van der Waals surface area contributed by atoms with Gasteiger partial charge in [-0.1, -0.05) is 0 Å². The molecular formula is C14H24N4. The van der Waals surface area contributed by atoms with Crippen LogP contribution in [-0.2, 0) is 19.4 Å². The van der Waals surface area contributed by atoms with Gasteiger partial charge in [0.05, 0.1) is 0 Å². The van der Waals surface area contributed by atoms with Gasteiger partial charge in [0.2, 0.25) is 0 Å². The Morgan fingerprint density at radius 1 is 1.28 bits per heavy atom. The van der Waals surface area contributed by atoms with E-state index >= 15 is 0 Å². The number of likely N-dealkylation sites (tertiary alicyclic amines) is 1. The van der Waals surface area contributed by atoms with Crippen LogP contribution in [0.15, 0.2) is 6.20 Å². The Morgan fingerprint density at radius 3 is 2.83 bits per heavy atom. The van der Waals surface area contributed by atoms with Gasteiger partial charge in [0, 0.05) is 37.3 Å². The lowest BCUT2D eigenvalue weighted by Crippen LogP contribution is -2.33. The topological polar surface area (TPSA) is 47.1 Å². The molecule has 100 valence electrons. The first kappa shape index (κ1) is 12.2. The second kappa shape index (κ2) is 5.02. The Bertz CT molecular complexity index is 404. The monoisotopic (exact) mass is 248 g/mol. The number of rotatable bonds is 2. The molecule has 2 N–H and O–H groups in total. The van der Waals surface area contributed by atoms with Crippen LogP contribution in [0.5, 0.6) is 0 Å². The summed E-state index contributed by atoms with van der Waals surface area (Å²) < 4.78 is 2.42. The van der Waals surface area contributed by atoms with Gasteiger partial charge in [-0.25, -0.2) is 4.98 Å². The third kappa shape index (κ3) is 2.45. The normalized spacial score (nSPS) is 26.2. The standard InChI is InChI=1S/C14H24N4/c1-17-5-2-11(3-6-17)8-14-16-10-13-9-12(15)4-7-18(13)14/h10-12H,2-9,15H2,1H3. The zero-order valence-electron chi connectivity index (χ0n) is 11.3. The number of aromatic nitrogens is 2. The molecule has 0 spiro atoms. The number of fused-ring (bicyclic) bond motifs is 1. The fourth-order valence-electron chi connectivity index (χ4n) is 3.24. The van der Waals surface area contributed by atoms with Crippen molar-refractivity contribution in [1.29, 1.82) is 0 Å². The van der Waals surface area contributed by atoms with Crippen LogP contribution in [-0.4, -0.2) is 40.6 Å². The summed E-state index contributed by atoms with van der Waals surface area (Å²) in [6.07, 6.45) is 7.94. The van der Waals surface area contributed by atoms with Gasteiger partial charge in [-0.15, -0.1) is 0 Å². The van der Waals surface area contributed by atoms with E-state index in [1.807, 2.05) is 6.20 Å². The quantitative estimate of drug-likeness (QED) is 0.850. The molecule has 0 aliphatic carbocycles. The summed E-state index contributed by atoms with van der Waals surface area (Å²) in [6, 6.07) is 0.338. The summed E-state index contributed by atoms with van der Waals surface area (Å²) in [7, 11) is 2.22. The predicted octanol–water partition coefficient (Wildman–Crippen LogP) is 1.04. The largest absolute Gasteiger partial charge is 0.332 e. The van der Waals surface area contributed by atoms with Crippen LogP contribution in [0.2, 0.25) is 0 Å². The minimum atomic E-state index is 0.338. The maximum atomic E-state index is 6.01. The Kier molecular flexibility index (Phi) is 3.39. The van der Waals surface area contributed by atoms with Gasteiger partial charge in [-0.05, 0) is 45.3 Å². The number of nitrogens with zero attached hydrogens (tertiary/aromatic N) is 3. The number of imidazole rings is 1. The maximum Gasteiger partial charge on any atom is 0.109 e. The Labute approximate surface area is 109 Å². The van der Waals surface area contributed by atoms with E-state index in [9.17, 15) is 0 Å². The van der Waals surface area contributed by atoms with Crippen molar-refractivity contribution in [3.63, 3.8) is 0 Å². The molecule has 1 saturated heterocycles. The highest BCUT2D eigenvalue weighted by Crippen LogP contribution is 2.23. The van der Waals surface area contributed by atoms with Crippen LogP contribution < -0.4 is 5.73 Å². The van der Waals surface area contributed by atoms with Gasteiger partial charge >= 0.3 is 0 Å². The molecule has 0 saturated carbocycles. The maximum absolute atomic E-state index is 6.01. The zero-order chi connectivity index (χ0) is 12.5. The number of hydrogen-bond acceptors (Lipinski definition) is 3. The molecule has 1 aromatic rings. The third-order valence-corrected chi connectivity index (χ3v) is 4.53. The molecule has 0 bridgehead atoms. The highest BCUT2D eigenvalue weighted by Gasteiger charge is 2.22. The first-order chi connectivity index (χ1) is 8.72. The summed E-state index contributed by atoms with van der Waals surface area (Å²) >= 11 is 0. The average molecular weight is 248 g/mol. The van der Waals surface area contributed by atoms with Crippen molar-refractivity contribution < 1.29 is 0 Å². The van der Waals surface area contributed by atoms with Crippen molar-refractivity contribution in [1.82, 2.24) is 14.5 Å². The van der Waals surface area contributed by atoms with E-state index in [-0.39, 0.29) is 0 Å². The molecule has 1 atom stereocenters. The second-order valence-corrected chi connectivity index (χ2v) is 6.02. The fraction of sp³-hybridized carbons (Fsp3) is 0.786. The molecule has 0 radical (unpaired) electrons. The van der Waals surface area contributed by atoms with Crippen LogP contribution in [0.25, 0.3) is 0 Å². The van der Waals surface area contributed by atoms with Gasteiger partial charge in [0.1, 0.15) is 5.82 Å². The van der Waals surface area contributed by atoms with Crippen molar-refractivity contribution in [3.8, 4) is 0 Å². The molecule has 4 nitrogen and oxygen atoms in total. The molecule has 18 heavy (non-hydrogen) atoms. The molecule has 3 rings (SSSR count). The van der Waals surface area contributed by atoms with Crippen molar-refractivity contribution in [2.24, 2.45) is 11.7 Å². The predicted molar refractivity (Wildman–Crippen MR) is 72.4 cm³/mol. The van der Waals surface area contributed by atoms with E-state index in [1.54, 1.807) is 0 Å². The molecule has 1 unspecified atom stereocenters. The van der Waals surface area contributed by atoms with Gasteiger partial charge in [0.25, 0.3) is 0 Å². The van der Waals surface area contributed by atoms with E-state index in [1.165, 1.54) is 37.4 Å². The van der Waals surface area contributed by atoms with Gasteiger partial charge < -0.3 is 15.2 Å². The van der Waals surface area contributed by atoms with Gasteiger partial charge in [-0.3, -0.25) is 0 Å². The van der Waals surface area contributed by atoms with Crippen molar-refractivity contribution in [2.45, 2.75) is 44.7 Å². The van der Waals surface area contributed by atoms with E-state index in [0.29, 0.717) is 6.04 Å². The molecule has 0 amide bonds. The lowest BCUT2D eigenvalue weighted by Gasteiger charge is -2.29. The highest BCUT2D eigenvalue weighted by atomic mass is 15.1. The van der Waals surface area contributed by atoms with Gasteiger partial charge in [-0.2, -0.15) is 0 Å². The Hall–Kier alpha value is -0.870. The molecule has 1 fully saturated rings. The zero-order valence-corrected chi connectivity index (χ0v) is 11.3. The molecular weight excluding hydrogens is 224 g/mol. The average Bonchev–Trinajstić information content (AvgIpc) is 2.74. The summed E-state index contributed by atoms with van der Waals surface area (Å²) in [6.45, 7) is 3.55. The molecule has 1 aromatic heterocycles. The van der Waals surface area contributed by atoms with Gasteiger partial charge in [0.15, 0.2) is 0 Å². The lowest BCUT2D eigenvalue weighted by molar-refractivity contribution is 0.216. The van der Waals surface area contributed by atoms with Crippen molar-refractivity contribution in [3.05, 3.63) is 17.7 Å². The van der Waals surface area contributed by atoms with Crippen LogP contribution in [0.4, 0.5) is 0 Å². The number of nitrogens with two attached hydrogens (primary N) is 1. The van der Waals surface area contributed by atoms with Crippen LogP contribution in [0.3, 0.4) is 0 Å². The van der Waals surface area contributed by atoms with E-state index in [4.69, 9.17) is 5.73 Å². The smallest absolute Gasteiger partial charge is 0.109 e. The van der Waals surface area contributed by atoms with Crippen molar-refractivity contribution in [2.75, 3.05) is 20.1 Å². The van der Waals surface area contributed by atoms with Crippen molar-refractivity contribution >= 4 is 0 Å². The minimum Gasteiger partial charge on any atom is -0.332 e. The van der Waals surface area contributed by atoms with Crippen LogP contribution in [0, 0.1) is 5.92 Å². The second-order valence-electron chi connectivity index (χ2n) is 6.02. The molecule has 0 aromatic carbocycles. The molecule has 2 aliphatic rings. The lowest BCUT2D eigenvalue weighted by atomic mass is 9.93.